The molecular weight excluding hydrogens is 323 g/mol. The van der Waals surface area contributed by atoms with Crippen molar-refractivity contribution in [2.45, 2.75) is 0 Å². The zero-order chi connectivity index (χ0) is 17.8. The number of benzene rings is 2. The molecule has 0 atom stereocenters. The van der Waals surface area contributed by atoms with Gasteiger partial charge in [-0.3, -0.25) is 4.98 Å². The number of ether oxygens (including phenoxy) is 1. The van der Waals surface area contributed by atoms with Crippen molar-refractivity contribution in [1.29, 1.82) is 0 Å². The topological polar surface area (TPSA) is 71.5 Å². The second-order valence-electron chi connectivity index (χ2n) is 5.28. The summed E-state index contributed by atoms with van der Waals surface area (Å²) in [5.74, 6) is -0.930. The van der Waals surface area contributed by atoms with E-state index in [0.29, 0.717) is 11.3 Å². The largest absolute Gasteiger partial charge is 0.497 e. The fraction of sp³-hybridized carbons (Fsp3) is 0.0526. The van der Waals surface area contributed by atoms with Crippen molar-refractivity contribution in [2.24, 2.45) is 0 Å². The molecule has 2 aromatic carbocycles. The van der Waals surface area contributed by atoms with Crippen molar-refractivity contribution < 1.29 is 19.0 Å². The number of pyridine rings is 1. The highest BCUT2D eigenvalue weighted by molar-refractivity contribution is 5.94. The second kappa shape index (κ2) is 7.00. The van der Waals surface area contributed by atoms with Crippen LogP contribution in [0.15, 0.2) is 60.9 Å². The lowest BCUT2D eigenvalue weighted by Gasteiger charge is -2.11. The van der Waals surface area contributed by atoms with Gasteiger partial charge >= 0.3 is 5.97 Å². The molecule has 0 aliphatic heterocycles. The van der Waals surface area contributed by atoms with E-state index < -0.39 is 11.8 Å². The first kappa shape index (κ1) is 16.4. The molecule has 1 aromatic heterocycles. The number of hydrogen-bond acceptors (Lipinski definition) is 4. The number of carbonyl (C=O) groups is 1. The Morgan fingerprint density at radius 1 is 1.12 bits per heavy atom. The fourth-order valence-electron chi connectivity index (χ4n) is 2.42. The number of methoxy groups -OCH3 is 1. The number of hydrogen-bond donors (Lipinski definition) is 2. The highest BCUT2D eigenvalue weighted by Gasteiger charge is 2.12. The number of nitrogens with zero attached hydrogens (tertiary/aromatic N) is 1. The van der Waals surface area contributed by atoms with E-state index in [-0.39, 0.29) is 16.9 Å². The molecule has 25 heavy (non-hydrogen) atoms. The standard InChI is InChI=1S/C19H15FN2O3/c1-25-14-4-2-3-12(9-14)13-5-6-17(16(20)10-13)22-18-11-21-8-7-15(18)19(23)24/h2-11,22H,1H3,(H,23,24). The molecule has 6 heteroatoms. The van der Waals surface area contributed by atoms with Crippen LogP contribution in [0, 0.1) is 5.82 Å². The molecule has 0 fully saturated rings. The van der Waals surface area contributed by atoms with Crippen LogP contribution in [0.1, 0.15) is 10.4 Å². The highest BCUT2D eigenvalue weighted by atomic mass is 19.1. The number of anilines is 2. The first-order chi connectivity index (χ1) is 12.1. The highest BCUT2D eigenvalue weighted by Crippen LogP contribution is 2.29. The molecule has 0 unspecified atom stereocenters. The van der Waals surface area contributed by atoms with Crippen molar-refractivity contribution >= 4 is 17.3 Å². The van der Waals surface area contributed by atoms with Gasteiger partial charge in [-0.2, -0.15) is 0 Å². The van der Waals surface area contributed by atoms with Gasteiger partial charge in [-0.25, -0.2) is 9.18 Å². The molecule has 0 aliphatic carbocycles. The van der Waals surface area contributed by atoms with Gasteiger partial charge in [0.2, 0.25) is 0 Å². The van der Waals surface area contributed by atoms with Crippen molar-refractivity contribution in [3.8, 4) is 16.9 Å². The van der Waals surface area contributed by atoms with E-state index in [4.69, 9.17) is 4.74 Å². The van der Waals surface area contributed by atoms with Crippen LogP contribution in [0.3, 0.4) is 0 Å². The summed E-state index contributed by atoms with van der Waals surface area (Å²) in [5, 5.41) is 12.0. The van der Waals surface area contributed by atoms with Gasteiger partial charge < -0.3 is 15.2 Å². The van der Waals surface area contributed by atoms with Gasteiger partial charge in [0.25, 0.3) is 0 Å². The SMILES string of the molecule is COc1cccc(-c2ccc(Nc3cnccc3C(=O)O)c(F)c2)c1. The maximum absolute atomic E-state index is 14.5. The van der Waals surface area contributed by atoms with Gasteiger partial charge in [0.1, 0.15) is 11.6 Å². The number of halogens is 1. The zero-order valence-corrected chi connectivity index (χ0v) is 13.4. The number of carboxylic acids is 1. The second-order valence-corrected chi connectivity index (χ2v) is 5.28. The van der Waals surface area contributed by atoms with Crippen molar-refractivity contribution in [3.05, 3.63) is 72.3 Å². The molecule has 0 amide bonds. The Kier molecular flexibility index (Phi) is 4.61. The number of rotatable bonds is 5. The first-order valence-corrected chi connectivity index (χ1v) is 7.47. The summed E-state index contributed by atoms with van der Waals surface area (Å²) in [6.07, 6.45) is 2.72. The van der Waals surface area contributed by atoms with Crippen LogP contribution >= 0.6 is 0 Å². The molecule has 3 aromatic rings. The van der Waals surface area contributed by atoms with Gasteiger partial charge in [-0.15, -0.1) is 0 Å². The Labute approximate surface area is 143 Å². The molecule has 0 bridgehead atoms. The van der Waals surface area contributed by atoms with Gasteiger partial charge in [0, 0.05) is 6.20 Å². The van der Waals surface area contributed by atoms with E-state index in [2.05, 4.69) is 10.3 Å². The van der Waals surface area contributed by atoms with Crippen LogP contribution in [0.4, 0.5) is 15.8 Å². The summed E-state index contributed by atoms with van der Waals surface area (Å²) >= 11 is 0. The minimum atomic E-state index is -1.11. The molecule has 0 saturated carbocycles. The van der Waals surface area contributed by atoms with Crippen LogP contribution < -0.4 is 10.1 Å². The molecular formula is C19H15FN2O3. The molecule has 0 aliphatic rings. The average molecular weight is 338 g/mol. The molecule has 0 saturated heterocycles. The van der Waals surface area contributed by atoms with E-state index in [1.807, 2.05) is 24.3 Å². The third-order valence-electron chi connectivity index (χ3n) is 3.69. The summed E-state index contributed by atoms with van der Waals surface area (Å²) < 4.78 is 19.7. The zero-order valence-electron chi connectivity index (χ0n) is 13.4. The Bertz CT molecular complexity index is 928. The predicted molar refractivity (Wildman–Crippen MR) is 92.9 cm³/mol. The lowest BCUT2D eigenvalue weighted by atomic mass is 10.0. The third-order valence-corrected chi connectivity index (χ3v) is 3.69. The first-order valence-electron chi connectivity index (χ1n) is 7.47. The van der Waals surface area contributed by atoms with Crippen LogP contribution in [-0.4, -0.2) is 23.2 Å². The lowest BCUT2D eigenvalue weighted by Crippen LogP contribution is -2.04. The van der Waals surface area contributed by atoms with E-state index >= 15 is 0 Å². The summed E-state index contributed by atoms with van der Waals surface area (Å²) in [4.78, 5) is 15.1. The van der Waals surface area contributed by atoms with Gasteiger partial charge in [-0.1, -0.05) is 18.2 Å². The third kappa shape index (κ3) is 3.58. The minimum absolute atomic E-state index is 0.0197. The van der Waals surface area contributed by atoms with E-state index in [1.165, 1.54) is 24.5 Å². The van der Waals surface area contributed by atoms with Crippen molar-refractivity contribution in [3.63, 3.8) is 0 Å². The number of aromatic carboxylic acids is 1. The Hall–Kier alpha value is -3.41. The van der Waals surface area contributed by atoms with Gasteiger partial charge in [0.05, 0.1) is 30.2 Å². The number of carboxylic acid groups (broad SMARTS) is 1. The molecule has 3 rings (SSSR count). The van der Waals surface area contributed by atoms with Gasteiger partial charge in [-0.05, 0) is 41.5 Å². The molecule has 5 nitrogen and oxygen atoms in total. The van der Waals surface area contributed by atoms with Crippen LogP contribution in [-0.2, 0) is 0 Å². The summed E-state index contributed by atoms with van der Waals surface area (Å²) in [6.45, 7) is 0. The maximum Gasteiger partial charge on any atom is 0.337 e. The Morgan fingerprint density at radius 2 is 1.92 bits per heavy atom. The van der Waals surface area contributed by atoms with E-state index in [1.54, 1.807) is 19.2 Å². The molecule has 0 radical (unpaired) electrons. The summed E-state index contributed by atoms with van der Waals surface area (Å²) in [6, 6.07) is 13.3. The smallest absolute Gasteiger partial charge is 0.337 e. The number of aromatic nitrogens is 1. The van der Waals surface area contributed by atoms with E-state index in [0.717, 1.165) is 5.56 Å². The fourth-order valence-corrected chi connectivity index (χ4v) is 2.42. The Morgan fingerprint density at radius 3 is 2.64 bits per heavy atom. The lowest BCUT2D eigenvalue weighted by molar-refractivity contribution is 0.0698. The van der Waals surface area contributed by atoms with Crippen LogP contribution in [0.25, 0.3) is 11.1 Å². The molecule has 2 N–H and O–H groups in total. The molecule has 126 valence electrons. The maximum atomic E-state index is 14.5. The number of nitrogens with one attached hydrogen (secondary N) is 1. The quantitative estimate of drug-likeness (QED) is 0.724. The summed E-state index contributed by atoms with van der Waals surface area (Å²) in [5.41, 5.74) is 1.92. The normalized spacial score (nSPS) is 10.3. The summed E-state index contributed by atoms with van der Waals surface area (Å²) in [7, 11) is 1.57. The average Bonchev–Trinajstić information content (AvgIpc) is 2.63. The van der Waals surface area contributed by atoms with E-state index in [9.17, 15) is 14.3 Å². The predicted octanol–water partition coefficient (Wildman–Crippen LogP) is 4.34. The van der Waals surface area contributed by atoms with Crippen molar-refractivity contribution in [2.75, 3.05) is 12.4 Å². The van der Waals surface area contributed by atoms with Gasteiger partial charge in [0.15, 0.2) is 0 Å². The van der Waals surface area contributed by atoms with Crippen molar-refractivity contribution in [1.82, 2.24) is 4.98 Å². The van der Waals surface area contributed by atoms with Crippen LogP contribution in [0.2, 0.25) is 0 Å². The Balaban J connectivity index is 1.92. The monoisotopic (exact) mass is 338 g/mol. The molecule has 0 spiro atoms. The minimum Gasteiger partial charge on any atom is -0.497 e. The molecule has 1 heterocycles. The van der Waals surface area contributed by atoms with Crippen LogP contribution in [0.5, 0.6) is 5.75 Å².